The normalized spacial score (nSPS) is 19.0. The third-order valence-electron chi connectivity index (χ3n) is 4.54. The van der Waals surface area contributed by atoms with Gasteiger partial charge in [-0.05, 0) is 52.7 Å². The van der Waals surface area contributed by atoms with Crippen molar-refractivity contribution >= 4 is 47.6 Å². The Morgan fingerprint density at radius 1 is 1.29 bits per heavy atom. The van der Waals surface area contributed by atoms with Crippen molar-refractivity contribution in [2.45, 2.75) is 38.0 Å². The summed E-state index contributed by atoms with van der Waals surface area (Å²) in [7, 11) is -3.57. The molecule has 1 saturated heterocycles. The lowest BCUT2D eigenvalue weighted by atomic mass is 9.82. The van der Waals surface area contributed by atoms with Crippen LogP contribution < -0.4 is 5.73 Å². The molecule has 1 aliphatic heterocycles. The molecule has 2 rings (SSSR count). The molecule has 1 aromatic rings. The molecule has 0 atom stereocenters. The number of nitrogens with zero attached hydrogens (tertiary/aromatic N) is 1. The van der Waals surface area contributed by atoms with Gasteiger partial charge in [-0.1, -0.05) is 29.8 Å². The summed E-state index contributed by atoms with van der Waals surface area (Å²) in [4.78, 5) is 0.175. The van der Waals surface area contributed by atoms with Crippen LogP contribution in [0.4, 0.5) is 5.69 Å². The summed E-state index contributed by atoms with van der Waals surface area (Å²) in [6.07, 6.45) is 2.90. The van der Waals surface area contributed by atoms with Gasteiger partial charge < -0.3 is 5.73 Å². The van der Waals surface area contributed by atoms with Gasteiger partial charge in [0.15, 0.2) is 0 Å². The molecule has 21 heavy (non-hydrogen) atoms. The van der Waals surface area contributed by atoms with Gasteiger partial charge in [-0.15, -0.1) is 0 Å². The van der Waals surface area contributed by atoms with Crippen LogP contribution in [0.5, 0.6) is 0 Å². The molecule has 7 heteroatoms. The molecule has 0 radical (unpaired) electrons. The molecule has 0 amide bonds. The quantitative estimate of drug-likeness (QED) is 0.721. The van der Waals surface area contributed by atoms with Crippen molar-refractivity contribution in [1.29, 1.82) is 0 Å². The molecule has 0 saturated carbocycles. The van der Waals surface area contributed by atoms with Crippen LogP contribution >= 0.6 is 31.9 Å². The molecule has 0 spiro atoms. The lowest BCUT2D eigenvalue weighted by Gasteiger charge is -2.26. The van der Waals surface area contributed by atoms with E-state index in [-0.39, 0.29) is 16.0 Å². The topological polar surface area (TPSA) is 63.4 Å². The predicted octanol–water partition coefficient (Wildman–Crippen LogP) is 3.99. The first-order chi connectivity index (χ1) is 9.75. The number of nitrogens with two attached hydrogens (primary N) is 1. The van der Waals surface area contributed by atoms with Crippen LogP contribution in [0.25, 0.3) is 0 Å². The number of rotatable bonds is 4. The summed E-state index contributed by atoms with van der Waals surface area (Å²) >= 11 is 6.65. The average molecular weight is 440 g/mol. The van der Waals surface area contributed by atoms with Crippen molar-refractivity contribution in [3.05, 3.63) is 21.1 Å². The molecule has 0 unspecified atom stereocenters. The van der Waals surface area contributed by atoms with E-state index in [4.69, 9.17) is 5.73 Å². The smallest absolute Gasteiger partial charge is 0.246 e. The van der Waals surface area contributed by atoms with E-state index in [9.17, 15) is 8.42 Å². The fourth-order valence-electron chi connectivity index (χ4n) is 2.91. The van der Waals surface area contributed by atoms with E-state index in [0.717, 1.165) is 23.7 Å². The van der Waals surface area contributed by atoms with Gasteiger partial charge >= 0.3 is 0 Å². The Labute approximate surface area is 143 Å². The Morgan fingerprint density at radius 3 is 2.38 bits per heavy atom. The second kappa shape index (κ2) is 6.18. The van der Waals surface area contributed by atoms with E-state index >= 15 is 0 Å². The fourth-order valence-corrected chi connectivity index (χ4v) is 6.48. The molecule has 0 aromatic heterocycles. The molecule has 1 aromatic carbocycles. The van der Waals surface area contributed by atoms with E-state index in [1.54, 1.807) is 16.4 Å². The molecule has 1 aliphatic rings. The van der Waals surface area contributed by atoms with E-state index in [1.807, 2.05) is 0 Å². The van der Waals surface area contributed by atoms with E-state index < -0.39 is 10.0 Å². The standard InChI is InChI=1S/C14H20Br2N2O2S/c1-3-14(4-2)5-6-18(9-14)21(19,20)13-11(16)7-10(15)8-12(13)17/h7-8H,3-6,9,17H2,1-2H3. The Hall–Kier alpha value is -0.110. The van der Waals surface area contributed by atoms with E-state index in [1.165, 1.54) is 0 Å². The van der Waals surface area contributed by atoms with Crippen LogP contribution in [-0.2, 0) is 10.0 Å². The molecule has 4 nitrogen and oxygen atoms in total. The van der Waals surface area contributed by atoms with Crippen molar-refractivity contribution in [3.8, 4) is 0 Å². The number of halogens is 2. The monoisotopic (exact) mass is 438 g/mol. The summed E-state index contributed by atoms with van der Waals surface area (Å²) in [5.74, 6) is 0. The van der Waals surface area contributed by atoms with Gasteiger partial charge in [0.25, 0.3) is 0 Å². The predicted molar refractivity (Wildman–Crippen MR) is 92.6 cm³/mol. The van der Waals surface area contributed by atoms with E-state index in [0.29, 0.717) is 17.6 Å². The molecule has 0 aliphatic carbocycles. The van der Waals surface area contributed by atoms with Gasteiger partial charge in [-0.25, -0.2) is 8.42 Å². The highest BCUT2D eigenvalue weighted by Gasteiger charge is 2.41. The average Bonchev–Trinajstić information content (AvgIpc) is 2.83. The molecule has 2 N–H and O–H groups in total. The molecule has 1 fully saturated rings. The van der Waals surface area contributed by atoms with Gasteiger partial charge in [-0.3, -0.25) is 0 Å². The van der Waals surface area contributed by atoms with Crippen LogP contribution in [0.1, 0.15) is 33.1 Å². The van der Waals surface area contributed by atoms with Gasteiger partial charge in [0.05, 0.1) is 5.69 Å². The van der Waals surface area contributed by atoms with Crippen molar-refractivity contribution in [3.63, 3.8) is 0 Å². The zero-order chi connectivity index (χ0) is 15.8. The molecular weight excluding hydrogens is 420 g/mol. The minimum atomic E-state index is -3.57. The first kappa shape index (κ1) is 17.2. The Kier molecular flexibility index (Phi) is 5.08. The lowest BCUT2D eigenvalue weighted by molar-refractivity contribution is 0.279. The summed E-state index contributed by atoms with van der Waals surface area (Å²) in [6.45, 7) is 5.39. The summed E-state index contributed by atoms with van der Waals surface area (Å²) in [5.41, 5.74) is 6.31. The first-order valence-corrected chi connectivity index (χ1v) is 10.0. The number of hydrogen-bond acceptors (Lipinski definition) is 3. The Morgan fingerprint density at radius 2 is 1.90 bits per heavy atom. The van der Waals surface area contributed by atoms with Crippen LogP contribution in [0.3, 0.4) is 0 Å². The van der Waals surface area contributed by atoms with Crippen LogP contribution in [0, 0.1) is 5.41 Å². The molecular formula is C14H20Br2N2O2S. The minimum Gasteiger partial charge on any atom is -0.398 e. The summed E-state index contributed by atoms with van der Waals surface area (Å²) in [6, 6.07) is 3.34. The zero-order valence-electron chi connectivity index (χ0n) is 12.2. The van der Waals surface area contributed by atoms with Gasteiger partial charge in [0, 0.05) is 22.0 Å². The number of sulfonamides is 1. The second-order valence-electron chi connectivity index (χ2n) is 5.60. The maximum Gasteiger partial charge on any atom is 0.246 e. The molecule has 1 heterocycles. The summed E-state index contributed by atoms with van der Waals surface area (Å²) < 4.78 is 28.6. The maximum atomic E-state index is 12.9. The molecule has 118 valence electrons. The zero-order valence-corrected chi connectivity index (χ0v) is 16.2. The van der Waals surface area contributed by atoms with Crippen molar-refractivity contribution in [2.75, 3.05) is 18.8 Å². The highest BCUT2D eigenvalue weighted by molar-refractivity contribution is 9.11. The van der Waals surface area contributed by atoms with Gasteiger partial charge in [-0.2, -0.15) is 4.31 Å². The number of nitrogen functional groups attached to an aromatic ring is 1. The number of benzene rings is 1. The third-order valence-corrected chi connectivity index (χ3v) is 7.85. The minimum absolute atomic E-state index is 0.101. The maximum absolute atomic E-state index is 12.9. The van der Waals surface area contributed by atoms with E-state index in [2.05, 4.69) is 45.7 Å². The first-order valence-electron chi connectivity index (χ1n) is 7.00. The SMILES string of the molecule is CCC1(CC)CCN(S(=O)(=O)c2c(N)cc(Br)cc2Br)C1. The highest BCUT2D eigenvalue weighted by Crippen LogP contribution is 2.41. The summed E-state index contributed by atoms with van der Waals surface area (Å²) in [5, 5.41) is 0. The lowest BCUT2D eigenvalue weighted by Crippen LogP contribution is -2.32. The Balaban J connectivity index is 2.41. The Bertz CT molecular complexity index is 619. The third kappa shape index (κ3) is 3.16. The highest BCUT2D eigenvalue weighted by atomic mass is 79.9. The van der Waals surface area contributed by atoms with Gasteiger partial charge in [0.2, 0.25) is 10.0 Å². The van der Waals surface area contributed by atoms with Crippen LogP contribution in [0.15, 0.2) is 26.0 Å². The van der Waals surface area contributed by atoms with Crippen molar-refractivity contribution in [1.82, 2.24) is 4.31 Å². The van der Waals surface area contributed by atoms with Crippen LogP contribution in [-0.4, -0.2) is 25.8 Å². The second-order valence-corrected chi connectivity index (χ2v) is 9.25. The molecule has 0 bridgehead atoms. The van der Waals surface area contributed by atoms with Crippen molar-refractivity contribution in [2.24, 2.45) is 5.41 Å². The largest absolute Gasteiger partial charge is 0.398 e. The fraction of sp³-hybridized carbons (Fsp3) is 0.571. The van der Waals surface area contributed by atoms with Gasteiger partial charge in [0.1, 0.15) is 4.90 Å². The van der Waals surface area contributed by atoms with Crippen molar-refractivity contribution < 1.29 is 8.42 Å². The number of anilines is 1. The van der Waals surface area contributed by atoms with Crippen LogP contribution in [0.2, 0.25) is 0 Å². The number of hydrogen-bond donors (Lipinski definition) is 1.